The maximum absolute atomic E-state index is 13.8. The minimum absolute atomic E-state index is 0.0218. The van der Waals surface area contributed by atoms with Crippen LogP contribution in [0.1, 0.15) is 5.69 Å². The van der Waals surface area contributed by atoms with Gasteiger partial charge in [-0.1, -0.05) is 11.6 Å². The molecular formula is C13H5ClF9NO. The molecule has 2 aromatic rings. The highest BCUT2D eigenvalue weighted by molar-refractivity contribution is 6.31. The zero-order chi connectivity index (χ0) is 19.4. The molecule has 0 atom stereocenters. The summed E-state index contributed by atoms with van der Waals surface area (Å²) in [6.45, 7) is 0. The van der Waals surface area contributed by atoms with Gasteiger partial charge in [0.25, 0.3) is 0 Å². The van der Waals surface area contributed by atoms with Gasteiger partial charge in [0.1, 0.15) is 0 Å². The zero-order valence-corrected chi connectivity index (χ0v) is 12.3. The summed E-state index contributed by atoms with van der Waals surface area (Å²) < 4.78 is 117. The smallest absolute Gasteiger partial charge is 0.353 e. The fraction of sp³-hybridized carbons (Fsp3) is 0.308. The van der Waals surface area contributed by atoms with Crippen LogP contribution in [0.15, 0.2) is 29.1 Å². The molecule has 0 aliphatic heterocycles. The lowest BCUT2D eigenvalue weighted by atomic mass is 10.00. The predicted molar refractivity (Wildman–Crippen MR) is 69.4 cm³/mol. The van der Waals surface area contributed by atoms with Gasteiger partial charge in [0.15, 0.2) is 5.43 Å². The Hall–Kier alpha value is -1.91. The second-order valence-corrected chi connectivity index (χ2v) is 5.39. The van der Waals surface area contributed by atoms with E-state index in [0.29, 0.717) is 0 Å². The van der Waals surface area contributed by atoms with Gasteiger partial charge in [0.05, 0.1) is 5.69 Å². The van der Waals surface area contributed by atoms with Crippen LogP contribution < -0.4 is 5.43 Å². The number of nitrogens with one attached hydrogen (secondary N) is 1. The molecule has 0 aliphatic carbocycles. The summed E-state index contributed by atoms with van der Waals surface area (Å²) >= 11 is 5.56. The fourth-order valence-electron chi connectivity index (χ4n) is 1.93. The van der Waals surface area contributed by atoms with Crippen LogP contribution in [-0.2, 0) is 5.92 Å². The lowest BCUT2D eigenvalue weighted by molar-refractivity contribution is -0.400. The van der Waals surface area contributed by atoms with Gasteiger partial charge in [-0.2, -0.15) is 39.5 Å². The number of hydrogen-bond acceptors (Lipinski definition) is 1. The van der Waals surface area contributed by atoms with Crippen LogP contribution in [0.4, 0.5) is 39.5 Å². The van der Waals surface area contributed by atoms with Crippen LogP contribution in [-0.4, -0.2) is 23.0 Å². The molecule has 0 saturated heterocycles. The molecule has 0 fully saturated rings. The number of fused-ring (bicyclic) bond motifs is 1. The minimum atomic E-state index is -7.05. The van der Waals surface area contributed by atoms with Crippen molar-refractivity contribution in [3.8, 4) is 0 Å². The van der Waals surface area contributed by atoms with E-state index in [1.807, 2.05) is 0 Å². The van der Waals surface area contributed by atoms with Gasteiger partial charge >= 0.3 is 23.9 Å². The summed E-state index contributed by atoms with van der Waals surface area (Å²) in [5.41, 5.74) is -3.92. The van der Waals surface area contributed by atoms with Crippen LogP contribution in [0.25, 0.3) is 10.9 Å². The van der Waals surface area contributed by atoms with Crippen molar-refractivity contribution in [2.75, 3.05) is 0 Å². The minimum Gasteiger partial charge on any atom is -0.353 e. The summed E-state index contributed by atoms with van der Waals surface area (Å²) in [5, 5.41) is -0.371. The van der Waals surface area contributed by atoms with E-state index in [9.17, 15) is 44.3 Å². The van der Waals surface area contributed by atoms with Crippen molar-refractivity contribution >= 4 is 22.5 Å². The second-order valence-electron chi connectivity index (χ2n) is 4.96. The van der Waals surface area contributed by atoms with E-state index in [4.69, 9.17) is 11.6 Å². The quantitative estimate of drug-likeness (QED) is 0.718. The first-order valence-electron chi connectivity index (χ1n) is 6.16. The lowest BCUT2D eigenvalue weighted by Gasteiger charge is -2.33. The number of alkyl halides is 9. The molecule has 0 spiro atoms. The van der Waals surface area contributed by atoms with E-state index < -0.39 is 40.6 Å². The molecule has 25 heavy (non-hydrogen) atoms. The molecule has 0 unspecified atom stereocenters. The van der Waals surface area contributed by atoms with Gasteiger partial charge in [0.2, 0.25) is 0 Å². The van der Waals surface area contributed by atoms with Crippen molar-refractivity contribution < 1.29 is 39.5 Å². The zero-order valence-electron chi connectivity index (χ0n) is 11.5. The summed E-state index contributed by atoms with van der Waals surface area (Å²) in [6.07, 6.45) is -6.94. The SMILES string of the molecule is O=c1cc(C(F)(F)C(F)(F)C(F)(F)C(F)(F)F)[nH]c2ccc(Cl)cc12. The molecule has 2 rings (SSSR count). The Labute approximate surface area is 137 Å². The Morgan fingerprint density at radius 3 is 1.92 bits per heavy atom. The third-order valence-corrected chi connectivity index (χ3v) is 3.51. The number of pyridine rings is 1. The van der Waals surface area contributed by atoms with Crippen molar-refractivity contribution in [2.45, 2.75) is 23.9 Å². The molecule has 0 bridgehead atoms. The molecule has 0 aliphatic rings. The maximum atomic E-state index is 13.8. The Bertz CT molecular complexity index is 872. The van der Waals surface area contributed by atoms with Gasteiger partial charge in [-0.05, 0) is 18.2 Å². The average Bonchev–Trinajstić information content (AvgIpc) is 2.46. The Balaban J connectivity index is 2.69. The number of halogens is 10. The first kappa shape index (κ1) is 19.4. The first-order valence-corrected chi connectivity index (χ1v) is 6.54. The predicted octanol–water partition coefficient (Wildman–Crippen LogP) is 5.11. The van der Waals surface area contributed by atoms with E-state index in [1.54, 1.807) is 4.98 Å². The van der Waals surface area contributed by atoms with Crippen LogP contribution in [0.5, 0.6) is 0 Å². The highest BCUT2D eigenvalue weighted by Crippen LogP contribution is 2.56. The third-order valence-electron chi connectivity index (χ3n) is 3.27. The van der Waals surface area contributed by atoms with E-state index >= 15 is 0 Å². The van der Waals surface area contributed by atoms with Crippen molar-refractivity contribution in [2.24, 2.45) is 0 Å². The second kappa shape index (κ2) is 5.55. The molecule has 1 aromatic carbocycles. The Morgan fingerprint density at radius 1 is 0.840 bits per heavy atom. The number of aromatic amines is 1. The van der Waals surface area contributed by atoms with E-state index in [2.05, 4.69) is 0 Å². The van der Waals surface area contributed by atoms with Crippen LogP contribution in [0, 0.1) is 0 Å². The summed E-state index contributed by atoms with van der Waals surface area (Å²) in [4.78, 5) is 13.3. The lowest BCUT2D eigenvalue weighted by Crippen LogP contribution is -2.59. The molecule has 138 valence electrons. The van der Waals surface area contributed by atoms with Gasteiger partial charge in [0, 0.05) is 22.0 Å². The molecule has 1 aromatic heterocycles. The number of hydrogen-bond donors (Lipinski definition) is 1. The van der Waals surface area contributed by atoms with Gasteiger partial charge in [-0.15, -0.1) is 0 Å². The number of rotatable bonds is 3. The van der Waals surface area contributed by atoms with Gasteiger partial charge in [-0.25, -0.2) is 0 Å². The van der Waals surface area contributed by atoms with Crippen molar-refractivity contribution in [1.29, 1.82) is 0 Å². The fourth-order valence-corrected chi connectivity index (χ4v) is 2.10. The van der Waals surface area contributed by atoms with Crippen LogP contribution in [0.3, 0.4) is 0 Å². The Morgan fingerprint density at radius 2 is 1.40 bits per heavy atom. The molecule has 0 saturated carbocycles. The van der Waals surface area contributed by atoms with Gasteiger partial charge < -0.3 is 4.98 Å². The van der Waals surface area contributed by atoms with Gasteiger partial charge in [-0.3, -0.25) is 4.79 Å². The maximum Gasteiger partial charge on any atom is 0.460 e. The first-order chi connectivity index (χ1) is 11.1. The molecule has 12 heteroatoms. The standard InChI is InChI=1S/C13H5ClF9NO/c14-5-1-2-7-6(3-5)8(25)4-9(24-7)10(15,16)11(17,18)12(19,20)13(21,22)23/h1-4H,(H,24,25). The van der Waals surface area contributed by atoms with E-state index in [0.717, 1.165) is 18.2 Å². The van der Waals surface area contributed by atoms with E-state index in [1.165, 1.54) is 0 Å². The highest BCUT2D eigenvalue weighted by Gasteiger charge is 2.82. The largest absolute Gasteiger partial charge is 0.460 e. The molecule has 2 nitrogen and oxygen atoms in total. The number of aromatic nitrogens is 1. The summed E-state index contributed by atoms with van der Waals surface area (Å²) in [7, 11) is 0. The van der Waals surface area contributed by atoms with Crippen molar-refractivity contribution in [1.82, 2.24) is 4.98 Å². The molecular weight excluding hydrogens is 393 g/mol. The van der Waals surface area contributed by atoms with Crippen LogP contribution in [0.2, 0.25) is 5.02 Å². The third kappa shape index (κ3) is 2.83. The van der Waals surface area contributed by atoms with Crippen molar-refractivity contribution in [3.63, 3.8) is 0 Å². The monoisotopic (exact) mass is 397 g/mol. The van der Waals surface area contributed by atoms with Crippen LogP contribution >= 0.6 is 11.6 Å². The number of benzene rings is 1. The van der Waals surface area contributed by atoms with Crippen molar-refractivity contribution in [3.05, 3.63) is 45.2 Å². The Kier molecular flexibility index (Phi) is 4.31. The molecule has 0 radical (unpaired) electrons. The average molecular weight is 398 g/mol. The van der Waals surface area contributed by atoms with E-state index in [-0.39, 0.29) is 16.5 Å². The number of H-pyrrole nitrogens is 1. The topological polar surface area (TPSA) is 32.9 Å². The highest BCUT2D eigenvalue weighted by atomic mass is 35.5. The summed E-state index contributed by atoms with van der Waals surface area (Å²) in [6, 6.07) is 2.75. The molecule has 0 amide bonds. The molecule has 1 heterocycles. The summed E-state index contributed by atoms with van der Waals surface area (Å²) in [5.74, 6) is -19.9. The normalized spacial score (nSPS) is 14.2. The molecule has 1 N–H and O–H groups in total.